The lowest BCUT2D eigenvalue weighted by molar-refractivity contribution is 0.621. The predicted molar refractivity (Wildman–Crippen MR) is 47.3 cm³/mol. The van der Waals surface area contributed by atoms with E-state index in [0.717, 1.165) is 12.8 Å². The van der Waals surface area contributed by atoms with Crippen LogP contribution in [0.4, 0.5) is 0 Å². The lowest BCUT2D eigenvalue weighted by Gasteiger charge is -2.02. The Bertz CT molecular complexity index is 147. The Hall–Kier alpha value is -0.950. The van der Waals surface area contributed by atoms with Crippen LogP contribution in [0.2, 0.25) is 0 Å². The van der Waals surface area contributed by atoms with E-state index in [-0.39, 0.29) is 6.04 Å². The van der Waals surface area contributed by atoms with Gasteiger partial charge < -0.3 is 0 Å². The van der Waals surface area contributed by atoms with Gasteiger partial charge in [0.1, 0.15) is 0 Å². The van der Waals surface area contributed by atoms with Gasteiger partial charge in [0.05, 0.1) is 6.04 Å². The van der Waals surface area contributed by atoms with Gasteiger partial charge in [-0.1, -0.05) is 37.4 Å². The summed E-state index contributed by atoms with van der Waals surface area (Å²) in [6.07, 6.45) is 6.15. The molecule has 62 valence electrons. The Kier molecular flexibility index (Phi) is 6.54. The minimum atomic E-state index is -0.00782. The maximum atomic E-state index is 8.13. The second kappa shape index (κ2) is 7.16. The molecule has 0 amide bonds. The van der Waals surface area contributed by atoms with Gasteiger partial charge in [-0.05, 0) is 12.0 Å². The summed E-state index contributed by atoms with van der Waals surface area (Å²) >= 11 is 0. The molecule has 0 rings (SSSR count). The summed E-state index contributed by atoms with van der Waals surface area (Å²) in [6, 6.07) is -0.00782. The quantitative estimate of drug-likeness (QED) is 0.184. The first-order valence-electron chi connectivity index (χ1n) is 4.02. The van der Waals surface area contributed by atoms with Gasteiger partial charge in [-0.15, -0.1) is 6.58 Å². The van der Waals surface area contributed by atoms with Crippen molar-refractivity contribution in [3.05, 3.63) is 23.1 Å². The molecular weight excluding hydrogens is 138 g/mol. The molecule has 0 radical (unpaired) electrons. The SMILES string of the molecule is C=CC(CCCCC)N=[N+]=[N-]. The molecule has 0 aliphatic rings. The van der Waals surface area contributed by atoms with Crippen LogP contribution >= 0.6 is 0 Å². The molecule has 0 aromatic carbocycles. The first-order chi connectivity index (χ1) is 5.35. The number of rotatable bonds is 6. The Morgan fingerprint density at radius 2 is 2.36 bits per heavy atom. The van der Waals surface area contributed by atoms with E-state index in [4.69, 9.17) is 5.53 Å². The average Bonchev–Trinajstić information content (AvgIpc) is 2.03. The molecule has 0 aliphatic heterocycles. The fourth-order valence-electron chi connectivity index (χ4n) is 0.893. The van der Waals surface area contributed by atoms with Crippen LogP contribution in [0.25, 0.3) is 10.4 Å². The van der Waals surface area contributed by atoms with Crippen LogP contribution in [0.5, 0.6) is 0 Å². The first kappa shape index (κ1) is 10.0. The zero-order valence-electron chi connectivity index (χ0n) is 7.03. The van der Waals surface area contributed by atoms with Gasteiger partial charge >= 0.3 is 0 Å². The summed E-state index contributed by atoms with van der Waals surface area (Å²) in [5, 5.41) is 3.58. The van der Waals surface area contributed by atoms with Gasteiger partial charge in [-0.25, -0.2) is 0 Å². The first-order valence-corrected chi connectivity index (χ1v) is 4.02. The predicted octanol–water partition coefficient (Wildman–Crippen LogP) is 3.43. The van der Waals surface area contributed by atoms with Crippen LogP contribution in [-0.2, 0) is 0 Å². The topological polar surface area (TPSA) is 48.8 Å². The molecule has 0 saturated carbocycles. The third-order valence-corrected chi connectivity index (χ3v) is 1.58. The van der Waals surface area contributed by atoms with E-state index in [9.17, 15) is 0 Å². The van der Waals surface area contributed by atoms with Crippen molar-refractivity contribution in [1.29, 1.82) is 0 Å². The van der Waals surface area contributed by atoms with Crippen molar-refractivity contribution in [1.82, 2.24) is 0 Å². The third-order valence-electron chi connectivity index (χ3n) is 1.58. The molecule has 0 fully saturated rings. The maximum absolute atomic E-state index is 8.13. The van der Waals surface area contributed by atoms with Crippen molar-refractivity contribution >= 4 is 0 Å². The van der Waals surface area contributed by atoms with E-state index in [1.165, 1.54) is 12.8 Å². The van der Waals surface area contributed by atoms with Crippen LogP contribution in [-0.4, -0.2) is 6.04 Å². The van der Waals surface area contributed by atoms with Crippen molar-refractivity contribution in [2.75, 3.05) is 0 Å². The van der Waals surface area contributed by atoms with Crippen LogP contribution < -0.4 is 0 Å². The van der Waals surface area contributed by atoms with Gasteiger partial charge in [0.2, 0.25) is 0 Å². The minimum absolute atomic E-state index is 0.00782. The summed E-state index contributed by atoms with van der Waals surface area (Å²) in [5.41, 5.74) is 8.13. The molecule has 0 aromatic rings. The Morgan fingerprint density at radius 1 is 1.64 bits per heavy atom. The summed E-state index contributed by atoms with van der Waals surface area (Å²) in [4.78, 5) is 2.74. The highest BCUT2D eigenvalue weighted by Gasteiger charge is 1.98. The highest BCUT2D eigenvalue weighted by atomic mass is 15.1. The molecule has 0 spiro atoms. The third kappa shape index (κ3) is 5.49. The Balaban J connectivity index is 3.52. The van der Waals surface area contributed by atoms with E-state index in [1.807, 2.05) is 0 Å². The fraction of sp³-hybridized carbons (Fsp3) is 0.750. The summed E-state index contributed by atoms with van der Waals surface area (Å²) in [6.45, 7) is 5.74. The Morgan fingerprint density at radius 3 is 2.82 bits per heavy atom. The lowest BCUT2D eigenvalue weighted by atomic mass is 10.1. The molecule has 3 heteroatoms. The van der Waals surface area contributed by atoms with Crippen LogP contribution in [0.15, 0.2) is 17.8 Å². The van der Waals surface area contributed by atoms with E-state index in [2.05, 4.69) is 23.5 Å². The van der Waals surface area contributed by atoms with Crippen molar-refractivity contribution in [3.8, 4) is 0 Å². The van der Waals surface area contributed by atoms with Crippen molar-refractivity contribution < 1.29 is 0 Å². The van der Waals surface area contributed by atoms with Crippen LogP contribution in [0.3, 0.4) is 0 Å². The number of hydrogen-bond acceptors (Lipinski definition) is 1. The normalized spacial score (nSPS) is 11.7. The standard InChI is InChI=1S/C8H15N3/c1-3-5-6-7-8(4-2)10-11-9/h4,8H,2-3,5-7H2,1H3. The molecule has 0 saturated heterocycles. The highest BCUT2D eigenvalue weighted by Crippen LogP contribution is 2.07. The monoisotopic (exact) mass is 153 g/mol. The average molecular weight is 153 g/mol. The molecule has 0 aromatic heterocycles. The molecule has 0 heterocycles. The number of unbranched alkanes of at least 4 members (excludes halogenated alkanes) is 2. The van der Waals surface area contributed by atoms with Gasteiger partial charge in [0.15, 0.2) is 0 Å². The second-order valence-electron chi connectivity index (χ2n) is 2.50. The van der Waals surface area contributed by atoms with Crippen LogP contribution in [0, 0.1) is 0 Å². The second-order valence-corrected chi connectivity index (χ2v) is 2.50. The molecule has 1 atom stereocenters. The Labute approximate surface area is 67.7 Å². The summed E-state index contributed by atoms with van der Waals surface area (Å²) in [5.74, 6) is 0. The molecule has 0 bridgehead atoms. The number of hydrogen-bond donors (Lipinski definition) is 0. The van der Waals surface area contributed by atoms with Crippen molar-refractivity contribution in [2.24, 2.45) is 5.11 Å². The number of azide groups is 1. The molecule has 3 nitrogen and oxygen atoms in total. The van der Waals surface area contributed by atoms with E-state index < -0.39 is 0 Å². The zero-order chi connectivity index (χ0) is 8.53. The van der Waals surface area contributed by atoms with Gasteiger partial charge in [0, 0.05) is 4.91 Å². The van der Waals surface area contributed by atoms with Gasteiger partial charge in [-0.2, -0.15) is 0 Å². The lowest BCUT2D eigenvalue weighted by Crippen LogP contribution is -1.97. The highest BCUT2D eigenvalue weighted by molar-refractivity contribution is 4.85. The molecule has 1 unspecified atom stereocenters. The van der Waals surface area contributed by atoms with Crippen LogP contribution in [0.1, 0.15) is 32.6 Å². The smallest absolute Gasteiger partial charge is 0.0552 e. The van der Waals surface area contributed by atoms with Crippen molar-refractivity contribution in [2.45, 2.75) is 38.6 Å². The maximum Gasteiger partial charge on any atom is 0.0552 e. The zero-order valence-corrected chi connectivity index (χ0v) is 7.03. The van der Waals surface area contributed by atoms with Gasteiger partial charge in [-0.3, -0.25) is 0 Å². The van der Waals surface area contributed by atoms with E-state index in [0.29, 0.717) is 0 Å². The summed E-state index contributed by atoms with van der Waals surface area (Å²) in [7, 11) is 0. The summed E-state index contributed by atoms with van der Waals surface area (Å²) < 4.78 is 0. The molecule has 0 aliphatic carbocycles. The van der Waals surface area contributed by atoms with E-state index in [1.54, 1.807) is 6.08 Å². The fourth-order valence-corrected chi connectivity index (χ4v) is 0.893. The van der Waals surface area contributed by atoms with Crippen molar-refractivity contribution in [3.63, 3.8) is 0 Å². The largest absolute Gasteiger partial charge is 0.103 e. The molecule has 11 heavy (non-hydrogen) atoms. The van der Waals surface area contributed by atoms with Gasteiger partial charge in [0.25, 0.3) is 0 Å². The van der Waals surface area contributed by atoms with E-state index >= 15 is 0 Å². The molecular formula is C8H15N3. The minimum Gasteiger partial charge on any atom is -0.103 e. The molecule has 0 N–H and O–H groups in total. The number of nitrogens with zero attached hydrogens (tertiary/aromatic N) is 3.